The predicted octanol–water partition coefficient (Wildman–Crippen LogP) is 4.80. The molecule has 1 nitrogen and oxygen atoms in total. The fraction of sp³-hybridized carbons (Fsp3) is 0.571. The van der Waals surface area contributed by atoms with E-state index in [-0.39, 0.29) is 10.8 Å². The minimum absolute atomic E-state index is 0.0492. The number of benzene rings is 1. The summed E-state index contributed by atoms with van der Waals surface area (Å²) >= 11 is 6.49. The van der Waals surface area contributed by atoms with Crippen molar-refractivity contribution in [3.63, 3.8) is 0 Å². The predicted molar refractivity (Wildman–Crippen MR) is 70.3 cm³/mol. The van der Waals surface area contributed by atoms with E-state index in [1.54, 1.807) is 0 Å². The van der Waals surface area contributed by atoms with Crippen molar-refractivity contribution in [2.24, 2.45) is 5.41 Å². The van der Waals surface area contributed by atoms with Gasteiger partial charge in [-0.2, -0.15) is 0 Å². The molecule has 0 fully saturated rings. The minimum Gasteiger partial charge on any atom is -0.494 e. The molecule has 2 heteroatoms. The standard InChI is InChI=1S/C14H21ClO/c1-5-14(3,4)13(15)11-7-9-12(10-8-11)16-6-2/h7-10,13H,5-6H2,1-4H3. The number of alkyl halides is 1. The highest BCUT2D eigenvalue weighted by atomic mass is 35.5. The quantitative estimate of drug-likeness (QED) is 0.672. The molecule has 0 aromatic heterocycles. The van der Waals surface area contributed by atoms with Gasteiger partial charge < -0.3 is 4.74 Å². The fourth-order valence-corrected chi connectivity index (χ4v) is 1.83. The molecule has 1 aromatic carbocycles. The van der Waals surface area contributed by atoms with Crippen LogP contribution in [0.4, 0.5) is 0 Å². The lowest BCUT2D eigenvalue weighted by Crippen LogP contribution is -2.16. The fourth-order valence-electron chi connectivity index (χ4n) is 1.53. The average molecular weight is 241 g/mol. The van der Waals surface area contributed by atoms with Crippen molar-refractivity contribution >= 4 is 11.6 Å². The van der Waals surface area contributed by atoms with E-state index >= 15 is 0 Å². The molecular weight excluding hydrogens is 220 g/mol. The summed E-state index contributed by atoms with van der Waals surface area (Å²) < 4.78 is 5.41. The Morgan fingerprint density at radius 3 is 2.19 bits per heavy atom. The third kappa shape index (κ3) is 3.15. The topological polar surface area (TPSA) is 9.23 Å². The van der Waals surface area contributed by atoms with Gasteiger partial charge in [0.1, 0.15) is 5.75 Å². The van der Waals surface area contributed by atoms with Crippen molar-refractivity contribution < 1.29 is 4.74 Å². The summed E-state index contributed by atoms with van der Waals surface area (Å²) in [7, 11) is 0. The summed E-state index contributed by atoms with van der Waals surface area (Å²) in [5.41, 5.74) is 1.28. The number of rotatable bonds is 5. The molecule has 0 amide bonds. The lowest BCUT2D eigenvalue weighted by atomic mass is 9.83. The number of ether oxygens (including phenoxy) is 1. The smallest absolute Gasteiger partial charge is 0.119 e. The van der Waals surface area contributed by atoms with Gasteiger partial charge in [-0.25, -0.2) is 0 Å². The van der Waals surface area contributed by atoms with Crippen molar-refractivity contribution in [3.8, 4) is 5.75 Å². The molecule has 0 aliphatic carbocycles. The lowest BCUT2D eigenvalue weighted by Gasteiger charge is -2.29. The highest BCUT2D eigenvalue weighted by Gasteiger charge is 2.27. The molecule has 0 spiro atoms. The Bertz CT molecular complexity index is 316. The van der Waals surface area contributed by atoms with Crippen LogP contribution in [0, 0.1) is 5.41 Å². The first-order valence-corrected chi connectivity index (χ1v) is 6.31. The second-order valence-electron chi connectivity index (χ2n) is 4.71. The first-order valence-electron chi connectivity index (χ1n) is 5.88. The Morgan fingerprint density at radius 1 is 1.19 bits per heavy atom. The van der Waals surface area contributed by atoms with Crippen molar-refractivity contribution in [2.45, 2.75) is 39.5 Å². The van der Waals surface area contributed by atoms with Crippen LogP contribution in [0.15, 0.2) is 24.3 Å². The molecule has 0 aliphatic heterocycles. The van der Waals surface area contributed by atoms with E-state index in [1.807, 2.05) is 19.1 Å². The molecule has 1 unspecified atom stereocenters. The SMILES string of the molecule is CCOc1ccc(C(Cl)C(C)(C)CC)cc1. The molecule has 0 N–H and O–H groups in total. The van der Waals surface area contributed by atoms with Crippen molar-refractivity contribution in [1.29, 1.82) is 0 Å². The van der Waals surface area contributed by atoms with Gasteiger partial charge in [-0.15, -0.1) is 11.6 Å². The van der Waals surface area contributed by atoms with Gasteiger partial charge in [-0.3, -0.25) is 0 Å². The highest BCUT2D eigenvalue weighted by Crippen LogP contribution is 2.41. The maximum absolute atomic E-state index is 6.49. The van der Waals surface area contributed by atoms with Crippen molar-refractivity contribution in [3.05, 3.63) is 29.8 Å². The third-order valence-electron chi connectivity index (χ3n) is 3.08. The maximum atomic E-state index is 6.49. The van der Waals surface area contributed by atoms with Crippen LogP contribution < -0.4 is 4.74 Å². The second-order valence-corrected chi connectivity index (χ2v) is 5.14. The van der Waals surface area contributed by atoms with Crippen molar-refractivity contribution in [1.82, 2.24) is 0 Å². The second kappa shape index (κ2) is 5.58. The van der Waals surface area contributed by atoms with Crippen LogP contribution in [0.2, 0.25) is 0 Å². The third-order valence-corrected chi connectivity index (χ3v) is 3.92. The average Bonchev–Trinajstić information content (AvgIpc) is 2.29. The number of hydrogen-bond acceptors (Lipinski definition) is 1. The lowest BCUT2D eigenvalue weighted by molar-refractivity contribution is 0.332. The molecule has 1 aromatic rings. The number of halogens is 1. The Morgan fingerprint density at radius 2 is 1.75 bits per heavy atom. The van der Waals surface area contributed by atoms with Gasteiger partial charge in [0.2, 0.25) is 0 Å². The van der Waals surface area contributed by atoms with Crippen LogP contribution in [-0.2, 0) is 0 Å². The molecule has 1 atom stereocenters. The van der Waals surface area contributed by atoms with Gasteiger partial charge in [0.15, 0.2) is 0 Å². The van der Waals surface area contributed by atoms with Gasteiger partial charge in [-0.1, -0.05) is 32.9 Å². The summed E-state index contributed by atoms with van der Waals surface area (Å²) in [6, 6.07) is 8.08. The van der Waals surface area contributed by atoms with Crippen LogP contribution >= 0.6 is 11.6 Å². The van der Waals surface area contributed by atoms with Crippen LogP contribution in [-0.4, -0.2) is 6.61 Å². The summed E-state index contributed by atoms with van der Waals surface area (Å²) in [6.07, 6.45) is 1.06. The van der Waals surface area contributed by atoms with E-state index in [9.17, 15) is 0 Å². The van der Waals surface area contributed by atoms with E-state index in [2.05, 4.69) is 32.9 Å². The molecule has 90 valence electrons. The Kier molecular flexibility index (Phi) is 4.67. The van der Waals surface area contributed by atoms with Crippen molar-refractivity contribution in [2.75, 3.05) is 6.61 Å². The normalized spacial score (nSPS) is 13.6. The zero-order valence-electron chi connectivity index (χ0n) is 10.6. The summed E-state index contributed by atoms with van der Waals surface area (Å²) in [5.74, 6) is 0.907. The molecule has 0 bridgehead atoms. The van der Waals surface area contributed by atoms with E-state index in [4.69, 9.17) is 16.3 Å². The Balaban J connectivity index is 2.81. The molecule has 16 heavy (non-hydrogen) atoms. The molecule has 0 saturated heterocycles. The highest BCUT2D eigenvalue weighted by molar-refractivity contribution is 6.21. The maximum Gasteiger partial charge on any atom is 0.119 e. The summed E-state index contributed by atoms with van der Waals surface area (Å²) in [5, 5.41) is 0.0492. The van der Waals surface area contributed by atoms with E-state index in [0.29, 0.717) is 6.61 Å². The monoisotopic (exact) mass is 240 g/mol. The van der Waals surface area contributed by atoms with Gasteiger partial charge in [0, 0.05) is 0 Å². The first kappa shape index (κ1) is 13.4. The Hall–Kier alpha value is -0.690. The summed E-state index contributed by atoms with van der Waals surface area (Å²) in [4.78, 5) is 0. The zero-order chi connectivity index (χ0) is 12.2. The molecular formula is C14H21ClO. The first-order chi connectivity index (χ1) is 7.51. The van der Waals surface area contributed by atoms with Crippen LogP contribution in [0.5, 0.6) is 5.75 Å². The Labute approximate surface area is 104 Å². The van der Waals surface area contributed by atoms with Crippen LogP contribution in [0.3, 0.4) is 0 Å². The van der Waals surface area contributed by atoms with E-state index in [1.165, 1.54) is 0 Å². The number of hydrogen-bond donors (Lipinski definition) is 0. The molecule has 0 radical (unpaired) electrons. The molecule has 0 aliphatic rings. The van der Waals surface area contributed by atoms with Crippen LogP contribution in [0.25, 0.3) is 0 Å². The van der Waals surface area contributed by atoms with Crippen LogP contribution in [0.1, 0.15) is 45.1 Å². The molecule has 1 rings (SSSR count). The summed E-state index contributed by atoms with van der Waals surface area (Å²) in [6.45, 7) is 9.24. The van der Waals surface area contributed by atoms with E-state index < -0.39 is 0 Å². The van der Waals surface area contributed by atoms with E-state index in [0.717, 1.165) is 17.7 Å². The van der Waals surface area contributed by atoms with Gasteiger partial charge >= 0.3 is 0 Å². The largest absolute Gasteiger partial charge is 0.494 e. The van der Waals surface area contributed by atoms with Gasteiger partial charge in [0.05, 0.1) is 12.0 Å². The minimum atomic E-state index is 0.0492. The molecule has 0 heterocycles. The van der Waals surface area contributed by atoms with Gasteiger partial charge in [-0.05, 0) is 36.5 Å². The van der Waals surface area contributed by atoms with Gasteiger partial charge in [0.25, 0.3) is 0 Å². The molecule has 0 saturated carbocycles. The zero-order valence-corrected chi connectivity index (χ0v) is 11.3.